The van der Waals surface area contributed by atoms with Gasteiger partial charge in [0, 0.05) is 32.2 Å². The number of ether oxygens (including phenoxy) is 1. The lowest BCUT2D eigenvalue weighted by Crippen LogP contribution is -2.51. The van der Waals surface area contributed by atoms with Gasteiger partial charge in [0.2, 0.25) is 0 Å². The van der Waals surface area contributed by atoms with Crippen LogP contribution in [0.3, 0.4) is 0 Å². The fourth-order valence-electron chi connectivity index (χ4n) is 3.59. The number of aromatic nitrogens is 1. The largest absolute Gasteiger partial charge is 0.423 e. The zero-order valence-corrected chi connectivity index (χ0v) is 13.1. The number of benzene rings is 1. The third-order valence-corrected chi connectivity index (χ3v) is 4.81. The van der Waals surface area contributed by atoms with E-state index in [-0.39, 0.29) is 0 Å². The summed E-state index contributed by atoms with van der Waals surface area (Å²) in [7, 11) is 0. The molecule has 0 aliphatic carbocycles. The van der Waals surface area contributed by atoms with Gasteiger partial charge in [0.05, 0.1) is 12.7 Å². The number of anilines is 1. The molecule has 3 heterocycles. The van der Waals surface area contributed by atoms with E-state index in [4.69, 9.17) is 9.15 Å². The summed E-state index contributed by atoms with van der Waals surface area (Å²) in [6.45, 7) is 7.20. The first kappa shape index (κ1) is 14.0. The number of para-hydroxylation sites is 2. The first-order valence-corrected chi connectivity index (χ1v) is 8.26. The predicted molar refractivity (Wildman–Crippen MR) is 86.2 cm³/mol. The summed E-state index contributed by atoms with van der Waals surface area (Å²) in [5, 5.41) is 0. The number of piperidine rings is 1. The van der Waals surface area contributed by atoms with Gasteiger partial charge in [-0.05, 0) is 31.9 Å². The van der Waals surface area contributed by atoms with Crippen molar-refractivity contribution in [2.24, 2.45) is 0 Å². The van der Waals surface area contributed by atoms with Gasteiger partial charge < -0.3 is 14.1 Å². The van der Waals surface area contributed by atoms with Gasteiger partial charge in [-0.25, -0.2) is 0 Å². The van der Waals surface area contributed by atoms with Gasteiger partial charge in [0.15, 0.2) is 5.58 Å². The normalized spacial score (nSPS) is 25.0. The highest BCUT2D eigenvalue weighted by molar-refractivity contribution is 5.74. The molecule has 0 amide bonds. The maximum Gasteiger partial charge on any atom is 0.298 e. The Balaban J connectivity index is 1.41. The molecule has 118 valence electrons. The zero-order chi connectivity index (χ0) is 14.9. The van der Waals surface area contributed by atoms with Crippen LogP contribution >= 0.6 is 0 Å². The molecule has 2 aromatic rings. The molecule has 0 unspecified atom stereocenters. The van der Waals surface area contributed by atoms with Crippen LogP contribution in [0.5, 0.6) is 0 Å². The van der Waals surface area contributed by atoms with Crippen LogP contribution in [0.1, 0.15) is 19.8 Å². The molecular formula is C17H23N3O2. The Bertz CT molecular complexity index is 601. The second kappa shape index (κ2) is 5.89. The number of hydrogen-bond acceptors (Lipinski definition) is 5. The van der Waals surface area contributed by atoms with E-state index in [0.717, 1.165) is 49.9 Å². The first-order chi connectivity index (χ1) is 10.8. The quantitative estimate of drug-likeness (QED) is 0.852. The Morgan fingerprint density at radius 1 is 1.14 bits per heavy atom. The molecule has 0 spiro atoms. The SMILES string of the molecule is C[C@@H]1CN(C2CCN(c3nc4ccccc4o3)CC2)CCO1. The molecule has 2 saturated heterocycles. The molecule has 2 aliphatic rings. The number of rotatable bonds is 2. The molecule has 1 atom stereocenters. The van der Waals surface area contributed by atoms with E-state index in [2.05, 4.69) is 21.7 Å². The third-order valence-electron chi connectivity index (χ3n) is 4.81. The van der Waals surface area contributed by atoms with Gasteiger partial charge >= 0.3 is 0 Å². The molecule has 0 saturated carbocycles. The molecule has 0 N–H and O–H groups in total. The fraction of sp³-hybridized carbons (Fsp3) is 0.588. The van der Waals surface area contributed by atoms with E-state index >= 15 is 0 Å². The molecule has 4 rings (SSSR count). The lowest BCUT2D eigenvalue weighted by atomic mass is 10.0. The van der Waals surface area contributed by atoms with E-state index in [1.54, 1.807) is 0 Å². The van der Waals surface area contributed by atoms with E-state index in [9.17, 15) is 0 Å². The molecule has 5 nitrogen and oxygen atoms in total. The van der Waals surface area contributed by atoms with Gasteiger partial charge in [-0.1, -0.05) is 12.1 Å². The highest BCUT2D eigenvalue weighted by atomic mass is 16.5. The highest BCUT2D eigenvalue weighted by Gasteiger charge is 2.29. The minimum Gasteiger partial charge on any atom is -0.423 e. The van der Waals surface area contributed by atoms with Crippen LogP contribution in [0.25, 0.3) is 11.1 Å². The average molecular weight is 301 g/mol. The smallest absolute Gasteiger partial charge is 0.298 e. The van der Waals surface area contributed by atoms with Crippen molar-refractivity contribution in [1.29, 1.82) is 0 Å². The Hall–Kier alpha value is -1.59. The third kappa shape index (κ3) is 2.71. The van der Waals surface area contributed by atoms with Gasteiger partial charge in [0.25, 0.3) is 6.01 Å². The van der Waals surface area contributed by atoms with E-state index in [1.165, 1.54) is 12.8 Å². The van der Waals surface area contributed by atoms with Crippen molar-refractivity contribution in [2.75, 3.05) is 37.7 Å². The zero-order valence-electron chi connectivity index (χ0n) is 13.1. The summed E-state index contributed by atoms with van der Waals surface area (Å²) in [6.07, 6.45) is 2.71. The van der Waals surface area contributed by atoms with Crippen molar-refractivity contribution in [2.45, 2.75) is 31.9 Å². The lowest BCUT2D eigenvalue weighted by Gasteiger charge is -2.41. The fourth-order valence-corrected chi connectivity index (χ4v) is 3.59. The van der Waals surface area contributed by atoms with Crippen LogP contribution in [0.15, 0.2) is 28.7 Å². The summed E-state index contributed by atoms with van der Waals surface area (Å²) in [4.78, 5) is 9.48. The van der Waals surface area contributed by atoms with Gasteiger partial charge in [0.1, 0.15) is 5.52 Å². The van der Waals surface area contributed by atoms with Crippen molar-refractivity contribution in [1.82, 2.24) is 9.88 Å². The molecular weight excluding hydrogens is 278 g/mol. The number of nitrogens with zero attached hydrogens (tertiary/aromatic N) is 3. The van der Waals surface area contributed by atoms with Crippen molar-refractivity contribution in [3.8, 4) is 0 Å². The van der Waals surface area contributed by atoms with Gasteiger partial charge in [-0.3, -0.25) is 4.90 Å². The van der Waals surface area contributed by atoms with E-state index in [1.807, 2.05) is 24.3 Å². The Labute approximate surface area is 130 Å². The Morgan fingerprint density at radius 3 is 2.73 bits per heavy atom. The van der Waals surface area contributed by atoms with Crippen LogP contribution in [0.4, 0.5) is 6.01 Å². The lowest BCUT2D eigenvalue weighted by molar-refractivity contribution is -0.0374. The van der Waals surface area contributed by atoms with Crippen LogP contribution in [0.2, 0.25) is 0 Å². The van der Waals surface area contributed by atoms with Crippen molar-refractivity contribution >= 4 is 17.1 Å². The van der Waals surface area contributed by atoms with E-state index < -0.39 is 0 Å². The topological polar surface area (TPSA) is 41.7 Å². The molecule has 1 aromatic carbocycles. The van der Waals surface area contributed by atoms with Gasteiger partial charge in [-0.15, -0.1) is 0 Å². The maximum atomic E-state index is 5.89. The summed E-state index contributed by atoms with van der Waals surface area (Å²) in [6, 6.07) is 9.42. The summed E-state index contributed by atoms with van der Waals surface area (Å²) >= 11 is 0. The molecule has 0 bridgehead atoms. The average Bonchev–Trinajstić information content (AvgIpc) is 2.99. The second-order valence-corrected chi connectivity index (χ2v) is 6.36. The summed E-state index contributed by atoms with van der Waals surface area (Å²) in [5.41, 5.74) is 1.82. The summed E-state index contributed by atoms with van der Waals surface area (Å²) in [5.74, 6) is 0. The van der Waals surface area contributed by atoms with Crippen LogP contribution in [-0.2, 0) is 4.74 Å². The molecule has 5 heteroatoms. The highest BCUT2D eigenvalue weighted by Crippen LogP contribution is 2.26. The van der Waals surface area contributed by atoms with Crippen LogP contribution < -0.4 is 4.90 Å². The molecule has 1 aromatic heterocycles. The minimum absolute atomic E-state index is 0.365. The monoisotopic (exact) mass is 301 g/mol. The standard InChI is InChI=1S/C17H23N3O2/c1-13-12-20(10-11-21-13)14-6-8-19(9-7-14)17-18-15-4-2-3-5-16(15)22-17/h2-5,13-14H,6-12H2,1H3/t13-/m1/s1. The second-order valence-electron chi connectivity index (χ2n) is 6.36. The maximum absolute atomic E-state index is 5.89. The van der Waals surface area contributed by atoms with Crippen LogP contribution in [0, 0.1) is 0 Å². The molecule has 2 aliphatic heterocycles. The molecule has 22 heavy (non-hydrogen) atoms. The number of fused-ring (bicyclic) bond motifs is 1. The Morgan fingerprint density at radius 2 is 1.95 bits per heavy atom. The minimum atomic E-state index is 0.365. The van der Waals surface area contributed by atoms with Crippen molar-refractivity contribution in [3.63, 3.8) is 0 Å². The number of morpholine rings is 1. The van der Waals surface area contributed by atoms with Crippen LogP contribution in [-0.4, -0.2) is 54.8 Å². The number of hydrogen-bond donors (Lipinski definition) is 0. The number of oxazole rings is 1. The van der Waals surface area contributed by atoms with Crippen molar-refractivity contribution in [3.05, 3.63) is 24.3 Å². The summed E-state index contributed by atoms with van der Waals surface area (Å²) < 4.78 is 11.5. The van der Waals surface area contributed by atoms with Crippen molar-refractivity contribution < 1.29 is 9.15 Å². The Kier molecular flexibility index (Phi) is 3.76. The van der Waals surface area contributed by atoms with E-state index in [0.29, 0.717) is 12.1 Å². The van der Waals surface area contributed by atoms with Gasteiger partial charge in [-0.2, -0.15) is 4.98 Å². The molecule has 2 fully saturated rings. The molecule has 0 radical (unpaired) electrons. The first-order valence-electron chi connectivity index (χ1n) is 8.26. The predicted octanol–water partition coefficient (Wildman–Crippen LogP) is 2.52.